The van der Waals surface area contributed by atoms with Crippen LogP contribution in [0.4, 0.5) is 0 Å². The molecule has 0 saturated carbocycles. The summed E-state index contributed by atoms with van der Waals surface area (Å²) in [7, 11) is 3.33. The van der Waals surface area contributed by atoms with Gasteiger partial charge < -0.3 is 9.47 Å². The summed E-state index contributed by atoms with van der Waals surface area (Å²) in [5.74, 6) is 1.66. The number of aromatic nitrogens is 4. The molecule has 0 unspecified atom stereocenters. The smallest absolute Gasteiger partial charge is 0.234 e. The van der Waals surface area contributed by atoms with Gasteiger partial charge in [0.15, 0.2) is 5.82 Å². The molecule has 2 heterocycles. The first-order valence-corrected chi connectivity index (χ1v) is 7.64. The first kappa shape index (κ1) is 14.7. The molecule has 0 N–H and O–H groups in total. The van der Waals surface area contributed by atoms with Crippen LogP contribution >= 0.6 is 11.3 Å². The van der Waals surface area contributed by atoms with Gasteiger partial charge in [0.2, 0.25) is 4.96 Å². The van der Waals surface area contributed by atoms with Crippen LogP contribution in [0.2, 0.25) is 0 Å². The summed E-state index contributed by atoms with van der Waals surface area (Å²) in [5.41, 5.74) is 1.09. The molecule has 0 spiro atoms. The maximum Gasteiger partial charge on any atom is 0.234 e. The zero-order valence-corrected chi connectivity index (χ0v) is 13.2. The Hall–Kier alpha value is -2.25. The number of methoxy groups -OCH3 is 2. The molecule has 1 aromatic carbocycles. The number of hydrogen-bond donors (Lipinski definition) is 0. The molecule has 2 aromatic heterocycles. The Morgan fingerprint density at radius 3 is 2.68 bits per heavy atom. The van der Waals surface area contributed by atoms with E-state index >= 15 is 0 Å². The van der Waals surface area contributed by atoms with Crippen LogP contribution in [0.3, 0.4) is 0 Å². The topological polar surface area (TPSA) is 61.5 Å². The van der Waals surface area contributed by atoms with E-state index in [0.29, 0.717) is 13.0 Å². The van der Waals surface area contributed by atoms with Gasteiger partial charge in [0.25, 0.3) is 0 Å². The molecule has 0 radical (unpaired) electrons. The highest BCUT2D eigenvalue weighted by molar-refractivity contribution is 7.17. The van der Waals surface area contributed by atoms with Crippen molar-refractivity contribution in [1.82, 2.24) is 19.8 Å². The first-order valence-electron chi connectivity index (χ1n) is 6.82. The van der Waals surface area contributed by atoms with Crippen molar-refractivity contribution in [3.05, 3.63) is 40.7 Å². The van der Waals surface area contributed by atoms with Gasteiger partial charge in [-0.2, -0.15) is 9.61 Å². The first-order chi connectivity index (χ1) is 10.8. The van der Waals surface area contributed by atoms with Crippen LogP contribution in [0.15, 0.2) is 24.3 Å². The predicted molar refractivity (Wildman–Crippen MR) is 86.2 cm³/mol. The van der Waals surface area contributed by atoms with Crippen molar-refractivity contribution < 1.29 is 9.47 Å². The Bertz CT molecular complexity index is 777. The van der Waals surface area contributed by atoms with Crippen molar-refractivity contribution in [1.29, 1.82) is 0 Å². The Morgan fingerprint density at radius 1 is 1.14 bits per heavy atom. The number of rotatable bonds is 6. The fraction of sp³-hybridized carbons (Fsp3) is 0.267. The van der Waals surface area contributed by atoms with E-state index < -0.39 is 0 Å². The van der Waals surface area contributed by atoms with Crippen LogP contribution in [0, 0.1) is 0 Å². The summed E-state index contributed by atoms with van der Waals surface area (Å²) in [6.07, 6.45) is 4.68. The minimum atomic E-state index is 0.606. The molecule has 114 valence electrons. The second-order valence-corrected chi connectivity index (χ2v) is 5.59. The second-order valence-electron chi connectivity index (χ2n) is 4.60. The highest BCUT2D eigenvalue weighted by Gasteiger charge is 2.09. The predicted octanol–water partition coefficient (Wildman–Crippen LogP) is 2.55. The molecular weight excluding hydrogens is 300 g/mol. The largest absolute Gasteiger partial charge is 0.497 e. The minimum absolute atomic E-state index is 0.606. The van der Waals surface area contributed by atoms with Crippen molar-refractivity contribution in [2.45, 2.75) is 6.42 Å². The Morgan fingerprint density at radius 2 is 1.95 bits per heavy atom. The van der Waals surface area contributed by atoms with Crippen molar-refractivity contribution >= 4 is 28.4 Å². The molecule has 0 fully saturated rings. The molecule has 6 nitrogen and oxygen atoms in total. The lowest BCUT2D eigenvalue weighted by Crippen LogP contribution is -2.01. The molecule has 0 aliphatic carbocycles. The maximum absolute atomic E-state index is 5.14. The fourth-order valence-corrected chi connectivity index (χ4v) is 2.73. The molecule has 0 amide bonds. The lowest BCUT2D eigenvalue weighted by molar-refractivity contribution is 0.200. The average Bonchev–Trinajstić information content (AvgIpc) is 3.12. The van der Waals surface area contributed by atoms with Gasteiger partial charge >= 0.3 is 0 Å². The van der Waals surface area contributed by atoms with Crippen molar-refractivity contribution in [2.75, 3.05) is 20.8 Å². The molecule has 3 rings (SSSR count). The molecule has 0 saturated heterocycles. The van der Waals surface area contributed by atoms with Crippen LogP contribution in [0.5, 0.6) is 5.75 Å². The Kier molecular flexibility index (Phi) is 4.45. The third-order valence-corrected chi connectivity index (χ3v) is 4.00. The van der Waals surface area contributed by atoms with Gasteiger partial charge in [-0.25, -0.2) is 0 Å². The van der Waals surface area contributed by atoms with E-state index in [-0.39, 0.29) is 0 Å². The van der Waals surface area contributed by atoms with E-state index in [0.717, 1.165) is 27.1 Å². The normalized spacial score (nSPS) is 11.5. The van der Waals surface area contributed by atoms with Crippen LogP contribution < -0.4 is 4.74 Å². The summed E-state index contributed by atoms with van der Waals surface area (Å²) in [6, 6.07) is 7.86. The standard InChI is InChI=1S/C15H16N4O2S/c1-20-10-9-13-16-17-15-19(13)18-14(22-15)8-5-11-3-6-12(21-2)7-4-11/h3-8H,9-10H2,1-2H3/b8-5-. The molecule has 0 aliphatic heterocycles. The quantitative estimate of drug-likeness (QED) is 0.699. The van der Waals surface area contributed by atoms with Crippen LogP contribution in [0.25, 0.3) is 17.1 Å². The van der Waals surface area contributed by atoms with Crippen molar-refractivity contribution in [2.24, 2.45) is 0 Å². The van der Waals surface area contributed by atoms with Gasteiger partial charge in [0, 0.05) is 13.5 Å². The van der Waals surface area contributed by atoms with Gasteiger partial charge in [-0.3, -0.25) is 0 Å². The Balaban J connectivity index is 1.78. The molecular formula is C15H16N4O2S. The van der Waals surface area contributed by atoms with Gasteiger partial charge in [0.05, 0.1) is 13.7 Å². The van der Waals surface area contributed by atoms with E-state index in [1.54, 1.807) is 18.7 Å². The molecule has 3 aromatic rings. The third kappa shape index (κ3) is 3.15. The van der Waals surface area contributed by atoms with E-state index in [2.05, 4.69) is 15.3 Å². The lowest BCUT2D eigenvalue weighted by atomic mass is 10.2. The summed E-state index contributed by atoms with van der Waals surface area (Å²) >= 11 is 1.50. The summed E-state index contributed by atoms with van der Waals surface area (Å²) in [4.78, 5) is 0.792. The summed E-state index contributed by atoms with van der Waals surface area (Å²) in [6.45, 7) is 0.606. The van der Waals surface area contributed by atoms with Gasteiger partial charge in [-0.05, 0) is 23.8 Å². The minimum Gasteiger partial charge on any atom is -0.497 e. The van der Waals surface area contributed by atoms with Gasteiger partial charge in [-0.1, -0.05) is 29.5 Å². The highest BCUT2D eigenvalue weighted by Crippen LogP contribution is 2.18. The zero-order valence-electron chi connectivity index (χ0n) is 12.4. The Labute approximate surface area is 132 Å². The monoisotopic (exact) mass is 316 g/mol. The van der Waals surface area contributed by atoms with Crippen molar-refractivity contribution in [3.8, 4) is 5.75 Å². The van der Waals surface area contributed by atoms with Crippen molar-refractivity contribution in [3.63, 3.8) is 0 Å². The third-order valence-electron chi connectivity index (χ3n) is 3.14. The average molecular weight is 316 g/mol. The van der Waals surface area contributed by atoms with E-state index in [1.165, 1.54) is 11.3 Å². The lowest BCUT2D eigenvalue weighted by Gasteiger charge is -1.98. The number of nitrogens with zero attached hydrogens (tertiary/aromatic N) is 4. The van der Waals surface area contributed by atoms with E-state index in [4.69, 9.17) is 9.47 Å². The van der Waals surface area contributed by atoms with E-state index in [9.17, 15) is 0 Å². The zero-order chi connectivity index (χ0) is 15.4. The summed E-state index contributed by atoms with van der Waals surface area (Å²) in [5, 5.41) is 13.7. The molecule has 0 bridgehead atoms. The van der Waals surface area contributed by atoms with Gasteiger partial charge in [-0.15, -0.1) is 10.2 Å². The maximum atomic E-state index is 5.14. The number of hydrogen-bond acceptors (Lipinski definition) is 6. The SMILES string of the molecule is COCCc1nnc2sc(/C=C\c3ccc(OC)cc3)nn12. The second kappa shape index (κ2) is 6.67. The molecule has 22 heavy (non-hydrogen) atoms. The van der Waals surface area contributed by atoms with Crippen LogP contribution in [-0.2, 0) is 11.2 Å². The number of fused-ring (bicyclic) bond motifs is 1. The summed E-state index contributed by atoms with van der Waals surface area (Å²) < 4.78 is 12.0. The van der Waals surface area contributed by atoms with Crippen LogP contribution in [-0.4, -0.2) is 40.6 Å². The molecule has 7 heteroatoms. The van der Waals surface area contributed by atoms with E-state index in [1.807, 2.05) is 36.4 Å². The number of ether oxygens (including phenoxy) is 2. The van der Waals surface area contributed by atoms with Crippen LogP contribution in [0.1, 0.15) is 16.4 Å². The fourth-order valence-electron chi connectivity index (χ4n) is 1.97. The molecule has 0 aliphatic rings. The van der Waals surface area contributed by atoms with Gasteiger partial charge in [0.1, 0.15) is 10.8 Å². The molecule has 0 atom stereocenters. The number of benzene rings is 1. The highest BCUT2D eigenvalue weighted by atomic mass is 32.1.